The summed E-state index contributed by atoms with van der Waals surface area (Å²) < 4.78 is 2.11. The molecule has 4 heteroatoms. The zero-order chi connectivity index (χ0) is 13.5. The monoisotopic (exact) mass is 277 g/mol. The highest BCUT2D eigenvalue weighted by molar-refractivity contribution is 7.07. The molecule has 1 N–H and O–H groups in total. The van der Waals surface area contributed by atoms with Gasteiger partial charge in [-0.05, 0) is 54.3 Å². The van der Waals surface area contributed by atoms with Crippen LogP contribution in [-0.4, -0.2) is 16.3 Å². The van der Waals surface area contributed by atoms with Gasteiger partial charge < -0.3 is 5.32 Å². The third-order valence-corrected chi connectivity index (χ3v) is 4.19. The maximum atomic E-state index is 4.64. The van der Waals surface area contributed by atoms with Crippen molar-refractivity contribution in [1.82, 2.24) is 15.1 Å². The van der Waals surface area contributed by atoms with Crippen LogP contribution in [0.25, 0.3) is 0 Å². The molecule has 2 aromatic heterocycles. The molecule has 0 saturated heterocycles. The van der Waals surface area contributed by atoms with E-state index in [9.17, 15) is 0 Å². The molecule has 2 heterocycles. The number of hydrogen-bond acceptors (Lipinski definition) is 3. The fraction of sp³-hybridized carbons (Fsp3) is 0.533. The smallest absolute Gasteiger partial charge is 0.0762 e. The van der Waals surface area contributed by atoms with E-state index in [4.69, 9.17) is 0 Å². The van der Waals surface area contributed by atoms with Crippen LogP contribution < -0.4 is 5.32 Å². The first-order valence-corrected chi connectivity index (χ1v) is 8.03. The third kappa shape index (κ3) is 4.18. The molecule has 0 aromatic carbocycles. The first-order valence-electron chi connectivity index (χ1n) is 7.09. The maximum absolute atomic E-state index is 4.64. The predicted molar refractivity (Wildman–Crippen MR) is 81.6 cm³/mol. The molecule has 2 rings (SSSR count). The van der Waals surface area contributed by atoms with E-state index in [0.717, 1.165) is 38.0 Å². The van der Waals surface area contributed by atoms with Crippen molar-refractivity contribution in [2.75, 3.05) is 6.54 Å². The Morgan fingerprint density at radius 3 is 2.84 bits per heavy atom. The van der Waals surface area contributed by atoms with Gasteiger partial charge in [0, 0.05) is 12.7 Å². The van der Waals surface area contributed by atoms with Crippen molar-refractivity contribution in [2.45, 2.75) is 45.7 Å². The van der Waals surface area contributed by atoms with Gasteiger partial charge in [0.15, 0.2) is 0 Å². The Hall–Kier alpha value is -1.13. The summed E-state index contributed by atoms with van der Waals surface area (Å²) in [6, 6.07) is 4.85. The summed E-state index contributed by atoms with van der Waals surface area (Å²) in [5.41, 5.74) is 2.55. The fourth-order valence-corrected chi connectivity index (χ4v) is 2.93. The quantitative estimate of drug-likeness (QED) is 0.747. The van der Waals surface area contributed by atoms with Crippen LogP contribution in [0.4, 0.5) is 0 Å². The van der Waals surface area contributed by atoms with E-state index in [1.807, 2.05) is 0 Å². The molecule has 19 heavy (non-hydrogen) atoms. The van der Waals surface area contributed by atoms with Crippen LogP contribution in [-0.2, 0) is 13.0 Å². The molecule has 3 nitrogen and oxygen atoms in total. The van der Waals surface area contributed by atoms with Crippen LogP contribution in [0.3, 0.4) is 0 Å². The standard InChI is InChI=1S/C15H23N3S/c1-3-15(4-2)18-9-6-14(17-18)11-16-8-5-13-7-10-19-12-13/h6-7,9-10,12,15-16H,3-5,8,11H2,1-2H3. The lowest BCUT2D eigenvalue weighted by Crippen LogP contribution is -2.17. The van der Waals surface area contributed by atoms with E-state index in [1.54, 1.807) is 11.3 Å². The van der Waals surface area contributed by atoms with E-state index in [-0.39, 0.29) is 0 Å². The molecule has 0 amide bonds. The van der Waals surface area contributed by atoms with Gasteiger partial charge >= 0.3 is 0 Å². The lowest BCUT2D eigenvalue weighted by atomic mass is 10.2. The van der Waals surface area contributed by atoms with Crippen molar-refractivity contribution in [3.8, 4) is 0 Å². The van der Waals surface area contributed by atoms with E-state index in [0.29, 0.717) is 6.04 Å². The van der Waals surface area contributed by atoms with E-state index >= 15 is 0 Å². The van der Waals surface area contributed by atoms with Gasteiger partial charge in [-0.15, -0.1) is 0 Å². The van der Waals surface area contributed by atoms with Gasteiger partial charge in [0.05, 0.1) is 11.7 Å². The van der Waals surface area contributed by atoms with Crippen molar-refractivity contribution < 1.29 is 0 Å². The number of nitrogens with zero attached hydrogens (tertiary/aromatic N) is 2. The van der Waals surface area contributed by atoms with Crippen LogP contribution in [0.2, 0.25) is 0 Å². The topological polar surface area (TPSA) is 29.9 Å². The van der Waals surface area contributed by atoms with Gasteiger partial charge in [-0.2, -0.15) is 16.4 Å². The predicted octanol–water partition coefficient (Wildman–Crippen LogP) is 3.64. The Labute approximate surface area is 119 Å². The average molecular weight is 277 g/mol. The minimum Gasteiger partial charge on any atom is -0.311 e. The molecule has 0 fully saturated rings. The molecule has 0 unspecified atom stereocenters. The van der Waals surface area contributed by atoms with Gasteiger partial charge in [-0.1, -0.05) is 13.8 Å². The molecule has 0 saturated carbocycles. The molecule has 0 aliphatic heterocycles. The van der Waals surface area contributed by atoms with Crippen molar-refractivity contribution in [1.29, 1.82) is 0 Å². The Kier molecular flexibility index (Phi) is 5.61. The molecule has 0 aliphatic rings. The number of nitrogens with one attached hydrogen (secondary N) is 1. The van der Waals surface area contributed by atoms with Gasteiger partial charge in [-0.3, -0.25) is 4.68 Å². The first kappa shape index (κ1) is 14.3. The summed E-state index contributed by atoms with van der Waals surface area (Å²) in [4.78, 5) is 0. The minimum absolute atomic E-state index is 0.541. The Morgan fingerprint density at radius 1 is 1.32 bits per heavy atom. The summed E-state index contributed by atoms with van der Waals surface area (Å²) >= 11 is 1.76. The van der Waals surface area contributed by atoms with Crippen LogP contribution >= 0.6 is 11.3 Å². The maximum Gasteiger partial charge on any atom is 0.0762 e. The summed E-state index contributed by atoms with van der Waals surface area (Å²) in [5, 5.41) is 12.4. The summed E-state index contributed by atoms with van der Waals surface area (Å²) in [6.45, 7) is 6.30. The Balaban J connectivity index is 1.74. The second kappa shape index (κ2) is 7.46. The normalized spacial score (nSPS) is 11.3. The van der Waals surface area contributed by atoms with Crippen molar-refractivity contribution in [2.24, 2.45) is 0 Å². The molecule has 0 radical (unpaired) electrons. The minimum atomic E-state index is 0.541. The molecule has 0 spiro atoms. The van der Waals surface area contributed by atoms with Gasteiger partial charge in [0.2, 0.25) is 0 Å². The van der Waals surface area contributed by atoms with E-state index in [2.05, 4.69) is 58.0 Å². The van der Waals surface area contributed by atoms with Gasteiger partial charge in [0.1, 0.15) is 0 Å². The molecule has 0 bridgehead atoms. The van der Waals surface area contributed by atoms with Crippen LogP contribution in [0.5, 0.6) is 0 Å². The summed E-state index contributed by atoms with van der Waals surface area (Å²) in [6.07, 6.45) is 5.48. The van der Waals surface area contributed by atoms with Crippen molar-refractivity contribution in [3.05, 3.63) is 40.3 Å². The van der Waals surface area contributed by atoms with E-state index in [1.165, 1.54) is 5.56 Å². The highest BCUT2D eigenvalue weighted by atomic mass is 32.1. The Morgan fingerprint density at radius 2 is 2.16 bits per heavy atom. The number of thiophene rings is 1. The highest BCUT2D eigenvalue weighted by Gasteiger charge is 2.07. The van der Waals surface area contributed by atoms with Crippen LogP contribution in [0, 0.1) is 0 Å². The van der Waals surface area contributed by atoms with Crippen molar-refractivity contribution >= 4 is 11.3 Å². The van der Waals surface area contributed by atoms with Crippen LogP contribution in [0.15, 0.2) is 29.1 Å². The molecule has 0 aliphatic carbocycles. The van der Waals surface area contributed by atoms with Crippen LogP contribution in [0.1, 0.15) is 44.0 Å². The molecule has 104 valence electrons. The number of rotatable bonds is 8. The first-order chi connectivity index (χ1) is 9.33. The van der Waals surface area contributed by atoms with Crippen molar-refractivity contribution in [3.63, 3.8) is 0 Å². The molecular formula is C15H23N3S. The second-order valence-electron chi connectivity index (χ2n) is 4.82. The molecule has 0 atom stereocenters. The number of hydrogen-bond donors (Lipinski definition) is 1. The molecule has 2 aromatic rings. The zero-order valence-corrected chi connectivity index (χ0v) is 12.6. The van der Waals surface area contributed by atoms with E-state index < -0.39 is 0 Å². The van der Waals surface area contributed by atoms with Gasteiger partial charge in [-0.25, -0.2) is 0 Å². The SMILES string of the molecule is CCC(CC)n1ccc(CNCCc2ccsc2)n1. The zero-order valence-electron chi connectivity index (χ0n) is 11.8. The Bertz CT molecular complexity index is 457. The largest absolute Gasteiger partial charge is 0.311 e. The highest BCUT2D eigenvalue weighted by Crippen LogP contribution is 2.14. The molecular weight excluding hydrogens is 254 g/mol. The summed E-state index contributed by atoms with van der Waals surface area (Å²) in [7, 11) is 0. The van der Waals surface area contributed by atoms with Gasteiger partial charge in [0.25, 0.3) is 0 Å². The lowest BCUT2D eigenvalue weighted by Gasteiger charge is -2.12. The lowest BCUT2D eigenvalue weighted by molar-refractivity contribution is 0.424. The summed E-state index contributed by atoms with van der Waals surface area (Å²) in [5.74, 6) is 0. The fourth-order valence-electron chi connectivity index (χ4n) is 2.22. The average Bonchev–Trinajstić information content (AvgIpc) is 3.08. The second-order valence-corrected chi connectivity index (χ2v) is 5.60. The third-order valence-electron chi connectivity index (χ3n) is 3.46. The number of aromatic nitrogens is 2.